The van der Waals surface area contributed by atoms with Crippen molar-refractivity contribution in [1.29, 1.82) is 0 Å². The number of halogens is 5. The lowest BCUT2D eigenvalue weighted by molar-refractivity contribution is -0.120. The standard InChI is InChI=1S/C23H16FN3O2.C22H16FN3OS2.C21H16FN3O.C20H17FN4O2S.C19H15FN4O2S/c24-21-18(23(28)25-13-17-6-3-11-29-17)9-10-19-20(21)22(27-26-19)16-8-7-14-4-1-2-5-15(14)12-16;23-20-15(22(27)24-10-9-14-5-3-11-28-14)7-8-16-19(20)21(26-25-16)18-12-13-4-1-2-6-17(13)29-18;22-19-16(21(26)23-15-7-8-15)9-10-17-18(19)20(25-24-17)14-6-5-12-3-1-2-4-13(12)11-14;1-11(26)22-8-9-23-20(27)13-6-7-14-17(18(13)21)19(25-24-14)16-10-12-4-2-3-5-15(12)28-16;1-9(18(21)25)22-19(26)11-6-7-12-15(16(11)20)17(24-23-12)14-8-10-4-2-3-5-13(10)27-14/h1-12H,13H2,(H,25,28)(H,26,27);1-8,11-12H,9-10H2,(H,24,27)(H,25,26);1-6,9-11,15H,7-8H2,(H,23,26)(H,24,25);2-7,10H,8-9H2,1H3,(H,22,26)(H,23,27)(H,24,25);2-9H,1H3,(H2,21,25)(H,22,26)(H,23,24)/t;;;;9-/m....0/s1. The summed E-state index contributed by atoms with van der Waals surface area (Å²) in [6.07, 6.45) is 4.18. The van der Waals surface area contributed by atoms with Gasteiger partial charge in [-0.1, -0.05) is 133 Å². The molecule has 0 aliphatic heterocycles. The Balaban J connectivity index is 0.000000111. The van der Waals surface area contributed by atoms with E-state index in [4.69, 9.17) is 10.2 Å². The normalized spacial score (nSPS) is 12.0. The van der Waals surface area contributed by atoms with Gasteiger partial charge in [-0.15, -0.1) is 45.3 Å². The number of furan rings is 1. The summed E-state index contributed by atoms with van der Waals surface area (Å²) in [6.45, 7) is 3.98. The van der Waals surface area contributed by atoms with E-state index in [2.05, 4.69) is 82.9 Å². The third kappa shape index (κ3) is 19.5. The number of primary amides is 1. The lowest BCUT2D eigenvalue weighted by Gasteiger charge is -2.11. The lowest BCUT2D eigenvalue weighted by Crippen LogP contribution is -2.42. The predicted molar refractivity (Wildman–Crippen MR) is 536 cm³/mol. The molecule has 1 fully saturated rings. The first-order valence-electron chi connectivity index (χ1n) is 43.9. The predicted octanol–water partition coefficient (Wildman–Crippen LogP) is 21.7. The van der Waals surface area contributed by atoms with Gasteiger partial charge in [0.05, 0.1) is 110 Å². The smallest absolute Gasteiger partial charge is 0.254 e. The van der Waals surface area contributed by atoms with Gasteiger partial charge in [-0.05, 0) is 197 Å². The number of aromatic amines is 5. The van der Waals surface area contributed by atoms with Crippen LogP contribution in [0.15, 0.2) is 277 Å². The van der Waals surface area contributed by atoms with Crippen LogP contribution in [0, 0.1) is 29.1 Å². The zero-order chi connectivity index (χ0) is 96.1. The molecule has 0 radical (unpaired) electrons. The van der Waals surface area contributed by atoms with Gasteiger partial charge in [0, 0.05) is 62.7 Å². The van der Waals surface area contributed by atoms with Crippen LogP contribution in [0.1, 0.15) is 89.1 Å². The first-order valence-corrected chi connectivity index (χ1v) is 47.3. The molecule has 10 aromatic heterocycles. The second-order valence-corrected chi connectivity index (χ2v) is 36.9. The Kier molecular flexibility index (Phi) is 26.4. The summed E-state index contributed by atoms with van der Waals surface area (Å²) in [5, 5.41) is 62.7. The number of hydrogen-bond donors (Lipinski definition) is 12. The molecule has 23 rings (SSSR count). The minimum Gasteiger partial charge on any atom is -0.467 e. The summed E-state index contributed by atoms with van der Waals surface area (Å²) in [5.74, 6) is -5.79. The van der Waals surface area contributed by atoms with E-state index in [1.165, 1.54) is 78.0 Å². The monoisotopic (exact) mass is 1930 g/mol. The highest BCUT2D eigenvalue weighted by Gasteiger charge is 2.30. The highest BCUT2D eigenvalue weighted by molar-refractivity contribution is 7.23. The molecule has 692 valence electrons. The van der Waals surface area contributed by atoms with Gasteiger partial charge in [0.2, 0.25) is 11.8 Å². The van der Waals surface area contributed by atoms with Crippen LogP contribution in [0.4, 0.5) is 22.0 Å². The molecule has 1 atom stereocenters. The van der Waals surface area contributed by atoms with E-state index in [1.54, 1.807) is 65.1 Å². The van der Waals surface area contributed by atoms with E-state index in [0.29, 0.717) is 89.9 Å². The van der Waals surface area contributed by atoms with Gasteiger partial charge in [0.25, 0.3) is 29.5 Å². The van der Waals surface area contributed by atoms with Gasteiger partial charge in [-0.3, -0.25) is 59.1 Å². The molecule has 1 saturated carbocycles. The van der Waals surface area contributed by atoms with Gasteiger partial charge in [-0.2, -0.15) is 25.5 Å². The maximum Gasteiger partial charge on any atom is 0.254 e. The molecule has 12 aromatic carbocycles. The van der Waals surface area contributed by atoms with Gasteiger partial charge in [0.1, 0.15) is 69.4 Å². The first-order chi connectivity index (χ1) is 67.6. The maximum absolute atomic E-state index is 15.3. The number of rotatable bonds is 21. The fourth-order valence-electron chi connectivity index (χ4n) is 16.0. The Hall–Kier alpha value is -16.7. The topological polar surface area (TPSA) is 374 Å². The Morgan fingerprint density at radius 2 is 0.755 bits per heavy atom. The molecule has 10 heterocycles. The lowest BCUT2D eigenvalue weighted by atomic mass is 10.0. The van der Waals surface area contributed by atoms with Gasteiger partial charge in [0.15, 0.2) is 0 Å². The molecule has 25 nitrogen and oxygen atoms in total. The summed E-state index contributed by atoms with van der Waals surface area (Å²) in [6, 6.07) is 79.6. The second-order valence-electron chi connectivity index (χ2n) is 32.6. The number of hydrogen-bond acceptors (Lipinski definition) is 17. The van der Waals surface area contributed by atoms with Crippen LogP contribution in [0.25, 0.3) is 161 Å². The van der Waals surface area contributed by atoms with Crippen molar-refractivity contribution in [1.82, 2.24) is 82.9 Å². The molecule has 0 spiro atoms. The van der Waals surface area contributed by atoms with Crippen molar-refractivity contribution in [3.8, 4) is 54.2 Å². The minimum absolute atomic E-state index is 0.0347. The zero-order valence-electron chi connectivity index (χ0n) is 73.7. The number of nitrogens with two attached hydrogens (primary N) is 1. The Bertz CT molecular complexity index is 8390. The highest BCUT2D eigenvalue weighted by Crippen LogP contribution is 2.43. The molecule has 0 bridgehead atoms. The number of H-pyrrole nitrogens is 5. The van der Waals surface area contributed by atoms with Crippen molar-refractivity contribution in [2.75, 3.05) is 19.6 Å². The summed E-state index contributed by atoms with van der Waals surface area (Å²) in [4.78, 5) is 87.8. The van der Waals surface area contributed by atoms with Crippen molar-refractivity contribution in [2.45, 2.75) is 51.7 Å². The number of nitrogens with zero attached hydrogens (tertiary/aromatic N) is 5. The van der Waals surface area contributed by atoms with Crippen LogP contribution in [-0.4, -0.2) is 124 Å². The van der Waals surface area contributed by atoms with Gasteiger partial charge >= 0.3 is 0 Å². The zero-order valence-corrected chi connectivity index (χ0v) is 77.0. The number of fused-ring (bicyclic) bond motifs is 10. The molecule has 22 aromatic rings. The van der Waals surface area contributed by atoms with Crippen LogP contribution in [0.3, 0.4) is 0 Å². The van der Waals surface area contributed by atoms with E-state index in [1.807, 2.05) is 193 Å². The Morgan fingerprint density at radius 3 is 1.14 bits per heavy atom. The Morgan fingerprint density at radius 1 is 0.388 bits per heavy atom. The van der Waals surface area contributed by atoms with Crippen LogP contribution >= 0.6 is 45.3 Å². The number of carbonyl (C=O) groups is 7. The molecule has 34 heteroatoms. The number of thiophene rings is 4. The van der Waals surface area contributed by atoms with Crippen molar-refractivity contribution in [3.05, 3.63) is 340 Å². The quantitative estimate of drug-likeness (QED) is 0.0235. The largest absolute Gasteiger partial charge is 0.467 e. The fraction of sp³-hybridized carbons (Fsp3) is 0.105. The van der Waals surface area contributed by atoms with E-state index in [0.717, 1.165) is 96.8 Å². The number of benzene rings is 12. The van der Waals surface area contributed by atoms with Crippen LogP contribution in [0.5, 0.6) is 0 Å². The second kappa shape index (κ2) is 40.1. The summed E-state index contributed by atoms with van der Waals surface area (Å²) >= 11 is 6.22. The Labute approximate surface area is 801 Å². The molecular formula is C105H80F5N17O8S4. The van der Waals surface area contributed by atoms with Gasteiger partial charge in [-0.25, -0.2) is 22.0 Å². The minimum atomic E-state index is -0.904. The number of aromatic nitrogens is 10. The third-order valence-corrected chi connectivity index (χ3v) is 27.6. The summed E-state index contributed by atoms with van der Waals surface area (Å²) in [7, 11) is 0. The van der Waals surface area contributed by atoms with Crippen molar-refractivity contribution < 1.29 is 59.9 Å². The van der Waals surface area contributed by atoms with E-state index in [-0.39, 0.29) is 70.7 Å². The SMILES string of the molecule is CC(=O)NCCNC(=O)c1ccc2[nH]nc(-c3cc4ccccc4s3)c2c1F.C[C@H](NC(=O)c1ccc2[nH]nc(-c3cc4ccccc4s3)c2c1F)C(N)=O.O=C(NC1CC1)c1ccc2[nH]nc(-c3ccc4ccccc4c3)c2c1F.O=C(NCCc1cccs1)c1ccc2[nH]nc(-c3cc4ccccc4s3)c2c1F.O=C(NCc1ccco1)c1ccc2[nH]nc(-c3ccc4ccccc4c3)c2c1F. The summed E-state index contributed by atoms with van der Waals surface area (Å²) in [5.41, 5.74) is 11.7. The van der Waals surface area contributed by atoms with E-state index in [9.17, 15) is 33.6 Å². The number of carbonyl (C=O) groups excluding carboxylic acids is 7. The van der Waals surface area contributed by atoms with Crippen molar-refractivity contribution >= 4 is 193 Å². The maximum atomic E-state index is 15.3. The average molecular weight is 1930 g/mol. The van der Waals surface area contributed by atoms with Crippen molar-refractivity contribution in [3.63, 3.8) is 0 Å². The average Bonchev–Trinajstić information content (AvgIpc) is 1.64. The van der Waals surface area contributed by atoms with Gasteiger partial charge < -0.3 is 42.1 Å². The number of amides is 7. The third-order valence-electron chi connectivity index (χ3n) is 23.3. The molecule has 0 unspecified atom stereocenters. The summed E-state index contributed by atoms with van der Waals surface area (Å²) < 4.78 is 84.7. The molecule has 1 aliphatic rings. The molecule has 7 amide bonds. The first kappa shape index (κ1) is 91.4. The molecule has 139 heavy (non-hydrogen) atoms. The highest BCUT2D eigenvalue weighted by atomic mass is 32.1. The number of nitrogens with one attached hydrogen (secondary N) is 11. The molecular weight excluding hydrogens is 1850 g/mol. The molecule has 0 saturated heterocycles. The molecule has 1 aliphatic carbocycles. The van der Waals surface area contributed by atoms with Crippen LogP contribution in [-0.2, 0) is 22.6 Å². The fourth-order valence-corrected chi connectivity index (χ4v) is 19.9. The van der Waals surface area contributed by atoms with Crippen molar-refractivity contribution in [2.24, 2.45) is 5.73 Å². The molecule has 13 N–H and O–H groups in total. The van der Waals surface area contributed by atoms with E-state index < -0.39 is 64.7 Å². The van der Waals surface area contributed by atoms with E-state index >= 15 is 22.0 Å². The van der Waals surface area contributed by atoms with Crippen LogP contribution < -0.4 is 37.6 Å². The van der Waals surface area contributed by atoms with Crippen LogP contribution in [0.2, 0.25) is 0 Å².